The van der Waals surface area contributed by atoms with E-state index in [2.05, 4.69) is 5.32 Å². The van der Waals surface area contributed by atoms with Gasteiger partial charge in [0.25, 0.3) is 11.6 Å². The number of benzene rings is 1. The number of amides is 1. The number of unbranched alkanes of at least 4 members (excludes halogenated alkanes) is 1. The first-order valence-corrected chi connectivity index (χ1v) is 7.82. The molecule has 0 saturated carbocycles. The molecule has 0 bridgehead atoms. The van der Waals surface area contributed by atoms with Crippen molar-refractivity contribution in [2.24, 2.45) is 0 Å². The van der Waals surface area contributed by atoms with Crippen molar-refractivity contribution < 1.29 is 18.9 Å². The van der Waals surface area contributed by atoms with Crippen molar-refractivity contribution >= 4 is 23.2 Å². The number of carbonyl (C=O) groups is 1. The first-order valence-electron chi connectivity index (χ1n) is 7.45. The van der Waals surface area contributed by atoms with Crippen molar-refractivity contribution in [3.05, 3.63) is 57.0 Å². The summed E-state index contributed by atoms with van der Waals surface area (Å²) >= 11 is 5.95. The molecule has 1 heterocycles. The van der Waals surface area contributed by atoms with Crippen LogP contribution in [0.3, 0.4) is 0 Å². The first-order chi connectivity index (χ1) is 11.5. The summed E-state index contributed by atoms with van der Waals surface area (Å²) in [6.07, 6.45) is 1.88. The summed E-state index contributed by atoms with van der Waals surface area (Å²) in [4.78, 5) is 22.1. The number of ether oxygens (including phenoxy) is 1. The minimum atomic E-state index is -0.533. The van der Waals surface area contributed by atoms with Crippen LogP contribution in [0, 0.1) is 10.1 Å². The van der Waals surface area contributed by atoms with Crippen LogP contribution in [0.1, 0.15) is 36.1 Å². The SMILES string of the molecule is CCCCNC(=O)c1ccc(COc2cc([N+](=O)[O-])ccc2Cl)o1. The molecular weight excluding hydrogens is 336 g/mol. The van der Waals surface area contributed by atoms with Gasteiger partial charge in [0.1, 0.15) is 18.1 Å². The summed E-state index contributed by atoms with van der Waals surface area (Å²) in [6.45, 7) is 2.63. The average Bonchev–Trinajstić information content (AvgIpc) is 3.03. The highest BCUT2D eigenvalue weighted by molar-refractivity contribution is 6.32. The molecule has 0 aliphatic carbocycles. The molecular formula is C16H17ClN2O5. The van der Waals surface area contributed by atoms with Gasteiger partial charge in [0.05, 0.1) is 16.0 Å². The lowest BCUT2D eigenvalue weighted by Crippen LogP contribution is -2.23. The Kier molecular flexibility index (Phi) is 6.20. The maximum atomic E-state index is 11.8. The molecule has 7 nitrogen and oxygen atoms in total. The van der Waals surface area contributed by atoms with E-state index in [9.17, 15) is 14.9 Å². The van der Waals surface area contributed by atoms with Crippen LogP contribution >= 0.6 is 11.6 Å². The number of non-ortho nitro benzene ring substituents is 1. The van der Waals surface area contributed by atoms with Gasteiger partial charge < -0.3 is 14.5 Å². The molecule has 0 spiro atoms. The second kappa shape index (κ2) is 8.35. The fraction of sp³-hybridized carbons (Fsp3) is 0.312. The Morgan fingerprint density at radius 1 is 1.38 bits per heavy atom. The van der Waals surface area contributed by atoms with Crippen LogP contribution in [0.2, 0.25) is 5.02 Å². The monoisotopic (exact) mass is 352 g/mol. The molecule has 2 rings (SSSR count). The van der Waals surface area contributed by atoms with Crippen LogP contribution in [0.5, 0.6) is 5.75 Å². The second-order valence-electron chi connectivity index (χ2n) is 5.04. The van der Waals surface area contributed by atoms with Crippen LogP contribution in [0.25, 0.3) is 0 Å². The Bertz CT molecular complexity index is 729. The van der Waals surface area contributed by atoms with Gasteiger partial charge in [-0.2, -0.15) is 0 Å². The molecule has 0 atom stereocenters. The van der Waals surface area contributed by atoms with E-state index < -0.39 is 4.92 Å². The average molecular weight is 353 g/mol. The molecule has 8 heteroatoms. The van der Waals surface area contributed by atoms with Crippen molar-refractivity contribution in [3.63, 3.8) is 0 Å². The van der Waals surface area contributed by atoms with E-state index >= 15 is 0 Å². The van der Waals surface area contributed by atoms with Crippen molar-refractivity contribution in [1.82, 2.24) is 5.32 Å². The molecule has 1 aromatic carbocycles. The second-order valence-corrected chi connectivity index (χ2v) is 5.44. The number of furan rings is 1. The number of rotatable bonds is 8. The van der Waals surface area contributed by atoms with Gasteiger partial charge in [-0.25, -0.2) is 0 Å². The van der Waals surface area contributed by atoms with Crippen LogP contribution in [-0.4, -0.2) is 17.4 Å². The normalized spacial score (nSPS) is 10.4. The van der Waals surface area contributed by atoms with Crippen LogP contribution in [-0.2, 0) is 6.61 Å². The predicted molar refractivity (Wildman–Crippen MR) is 88.4 cm³/mol. The number of carbonyl (C=O) groups excluding carboxylic acids is 1. The van der Waals surface area contributed by atoms with Crippen molar-refractivity contribution in [1.29, 1.82) is 0 Å². The van der Waals surface area contributed by atoms with Gasteiger partial charge in [0.15, 0.2) is 5.76 Å². The number of nitrogens with one attached hydrogen (secondary N) is 1. The molecule has 1 amide bonds. The molecule has 1 N–H and O–H groups in total. The number of nitro benzene ring substituents is 1. The number of nitro groups is 1. The minimum absolute atomic E-state index is 0.00310. The van der Waals surface area contributed by atoms with Gasteiger partial charge in [0, 0.05) is 12.6 Å². The molecule has 1 aromatic heterocycles. The molecule has 0 unspecified atom stereocenters. The Hall–Kier alpha value is -2.54. The molecule has 0 saturated heterocycles. The Balaban J connectivity index is 1.97. The van der Waals surface area contributed by atoms with Crippen molar-refractivity contribution in [3.8, 4) is 5.75 Å². The molecule has 0 radical (unpaired) electrons. The zero-order valence-electron chi connectivity index (χ0n) is 13.1. The quantitative estimate of drug-likeness (QED) is 0.441. The lowest BCUT2D eigenvalue weighted by atomic mass is 10.3. The zero-order chi connectivity index (χ0) is 17.5. The highest BCUT2D eigenvalue weighted by Gasteiger charge is 2.13. The third kappa shape index (κ3) is 4.73. The van der Waals surface area contributed by atoms with Crippen LogP contribution < -0.4 is 10.1 Å². The fourth-order valence-electron chi connectivity index (χ4n) is 1.91. The molecule has 0 aliphatic rings. The van der Waals surface area contributed by atoms with Crippen molar-refractivity contribution in [2.75, 3.05) is 6.54 Å². The highest BCUT2D eigenvalue weighted by atomic mass is 35.5. The summed E-state index contributed by atoms with van der Waals surface area (Å²) in [7, 11) is 0. The van der Waals surface area contributed by atoms with E-state index in [0.717, 1.165) is 12.8 Å². The third-order valence-corrected chi connectivity index (χ3v) is 3.51. The molecule has 128 valence electrons. The maximum Gasteiger partial charge on any atom is 0.286 e. The summed E-state index contributed by atoms with van der Waals surface area (Å²) in [5, 5.41) is 13.8. The van der Waals surface area contributed by atoms with Gasteiger partial charge >= 0.3 is 0 Å². The highest BCUT2D eigenvalue weighted by Crippen LogP contribution is 2.29. The fourth-order valence-corrected chi connectivity index (χ4v) is 2.08. The van der Waals surface area contributed by atoms with E-state index in [0.29, 0.717) is 12.3 Å². The summed E-state index contributed by atoms with van der Waals surface area (Å²) in [6, 6.07) is 7.09. The Morgan fingerprint density at radius 3 is 2.88 bits per heavy atom. The molecule has 0 aliphatic heterocycles. The number of hydrogen-bond donors (Lipinski definition) is 1. The lowest BCUT2D eigenvalue weighted by Gasteiger charge is -2.06. The number of hydrogen-bond acceptors (Lipinski definition) is 5. The Labute approximate surface area is 143 Å². The van der Waals surface area contributed by atoms with Gasteiger partial charge in [-0.15, -0.1) is 0 Å². The number of halogens is 1. The zero-order valence-corrected chi connectivity index (χ0v) is 13.8. The van der Waals surface area contributed by atoms with Gasteiger partial charge in [-0.3, -0.25) is 14.9 Å². The van der Waals surface area contributed by atoms with E-state index in [-0.39, 0.29) is 34.7 Å². The molecule has 0 fully saturated rings. The minimum Gasteiger partial charge on any atom is -0.484 e. The lowest BCUT2D eigenvalue weighted by molar-refractivity contribution is -0.384. The summed E-state index contributed by atoms with van der Waals surface area (Å²) in [5.41, 5.74) is -0.121. The van der Waals surface area contributed by atoms with Crippen LogP contribution in [0.15, 0.2) is 34.7 Å². The van der Waals surface area contributed by atoms with Crippen LogP contribution in [0.4, 0.5) is 5.69 Å². The third-order valence-electron chi connectivity index (χ3n) is 3.20. The van der Waals surface area contributed by atoms with E-state index in [1.165, 1.54) is 18.2 Å². The molecule has 2 aromatic rings. The standard InChI is InChI=1S/C16H17ClN2O5/c1-2-3-8-18-16(20)14-7-5-12(24-14)10-23-15-9-11(19(21)22)4-6-13(15)17/h4-7,9H,2-3,8,10H2,1H3,(H,18,20). The van der Waals surface area contributed by atoms with E-state index in [4.69, 9.17) is 20.8 Å². The smallest absolute Gasteiger partial charge is 0.286 e. The largest absolute Gasteiger partial charge is 0.484 e. The van der Waals surface area contributed by atoms with Gasteiger partial charge in [0.2, 0.25) is 0 Å². The summed E-state index contributed by atoms with van der Waals surface area (Å²) < 4.78 is 10.8. The Morgan fingerprint density at radius 2 is 2.17 bits per heavy atom. The maximum absolute atomic E-state index is 11.8. The first kappa shape index (κ1) is 17.8. The van der Waals surface area contributed by atoms with Gasteiger partial charge in [-0.05, 0) is 24.6 Å². The molecule has 24 heavy (non-hydrogen) atoms. The van der Waals surface area contributed by atoms with Gasteiger partial charge in [-0.1, -0.05) is 24.9 Å². The van der Waals surface area contributed by atoms with E-state index in [1.54, 1.807) is 12.1 Å². The van der Waals surface area contributed by atoms with E-state index in [1.807, 2.05) is 6.92 Å². The predicted octanol–water partition coefficient (Wildman–Crippen LogP) is 3.95. The van der Waals surface area contributed by atoms with Crippen molar-refractivity contribution in [2.45, 2.75) is 26.4 Å². The summed E-state index contributed by atoms with van der Waals surface area (Å²) in [5.74, 6) is 0.493. The number of nitrogens with zero attached hydrogens (tertiary/aromatic N) is 1. The topological polar surface area (TPSA) is 94.6 Å².